The molecule has 0 atom stereocenters. The monoisotopic (exact) mass is 449 g/mol. The van der Waals surface area contributed by atoms with Gasteiger partial charge in [0.05, 0.1) is 31.6 Å². The number of hydrogen-bond acceptors (Lipinski definition) is 5. The van der Waals surface area contributed by atoms with E-state index in [1.807, 2.05) is 49.0 Å². The number of guanidine groups is 1. The number of aliphatic imine (C=N–C) groups is 1. The lowest BCUT2D eigenvalue weighted by Gasteiger charge is -2.15. The van der Waals surface area contributed by atoms with E-state index in [9.17, 15) is 4.79 Å². The van der Waals surface area contributed by atoms with Gasteiger partial charge in [0.2, 0.25) is 5.96 Å². The molecule has 33 heavy (non-hydrogen) atoms. The van der Waals surface area contributed by atoms with Gasteiger partial charge in [-0.25, -0.2) is 4.99 Å². The standard InChI is InChI=1S/C25H31N5O3/c1-5-15-30-17-20(18(3)29-30)16-26-25(27-22-9-7-8-10-23(22)33-6-2)28-24(31)19-11-13-21(32-4)14-12-19/h7-14,17H,5-6,15-16H2,1-4H3,(H2,26,27,28,31). The van der Waals surface area contributed by atoms with Crippen LogP contribution in [0, 0.1) is 6.92 Å². The predicted molar refractivity (Wildman–Crippen MR) is 130 cm³/mol. The molecule has 0 radical (unpaired) electrons. The van der Waals surface area contributed by atoms with E-state index >= 15 is 0 Å². The molecule has 3 rings (SSSR count). The van der Waals surface area contributed by atoms with Crippen molar-refractivity contribution >= 4 is 17.6 Å². The Kier molecular flexibility index (Phi) is 8.46. The zero-order chi connectivity index (χ0) is 23.6. The molecule has 0 saturated carbocycles. The molecule has 0 aliphatic carbocycles. The third kappa shape index (κ3) is 6.58. The topological polar surface area (TPSA) is 89.8 Å². The Hall–Kier alpha value is -3.81. The summed E-state index contributed by atoms with van der Waals surface area (Å²) in [4.78, 5) is 17.6. The summed E-state index contributed by atoms with van der Waals surface area (Å²) in [5.74, 6) is 1.41. The second-order valence-electron chi connectivity index (χ2n) is 7.40. The minimum atomic E-state index is -0.281. The summed E-state index contributed by atoms with van der Waals surface area (Å²) in [5.41, 5.74) is 3.13. The number of carbonyl (C=O) groups is 1. The molecule has 2 aromatic carbocycles. The molecular weight excluding hydrogens is 418 g/mol. The van der Waals surface area contributed by atoms with E-state index in [4.69, 9.17) is 9.47 Å². The van der Waals surface area contributed by atoms with Gasteiger partial charge >= 0.3 is 0 Å². The lowest BCUT2D eigenvalue weighted by Crippen LogP contribution is -2.36. The van der Waals surface area contributed by atoms with Crippen LogP contribution in [-0.4, -0.2) is 35.4 Å². The molecule has 0 aliphatic heterocycles. The van der Waals surface area contributed by atoms with E-state index in [0.29, 0.717) is 41.9 Å². The fraction of sp³-hybridized carbons (Fsp3) is 0.320. The van der Waals surface area contributed by atoms with Gasteiger partial charge in [-0.3, -0.25) is 14.8 Å². The number of benzene rings is 2. The molecule has 3 aromatic rings. The van der Waals surface area contributed by atoms with E-state index < -0.39 is 0 Å². The summed E-state index contributed by atoms with van der Waals surface area (Å²) in [5, 5.41) is 10.6. The van der Waals surface area contributed by atoms with E-state index in [-0.39, 0.29) is 5.91 Å². The van der Waals surface area contributed by atoms with E-state index in [2.05, 4.69) is 27.6 Å². The lowest BCUT2D eigenvalue weighted by atomic mass is 10.2. The minimum Gasteiger partial charge on any atom is -0.497 e. The number of hydrogen-bond donors (Lipinski definition) is 2. The first-order valence-electron chi connectivity index (χ1n) is 11.1. The predicted octanol–water partition coefficient (Wildman–Crippen LogP) is 4.41. The molecule has 8 heteroatoms. The van der Waals surface area contributed by atoms with Crippen LogP contribution in [-0.2, 0) is 13.1 Å². The molecule has 2 N–H and O–H groups in total. The smallest absolute Gasteiger partial charge is 0.257 e. The van der Waals surface area contributed by atoms with Gasteiger partial charge in [0.25, 0.3) is 5.91 Å². The average molecular weight is 450 g/mol. The van der Waals surface area contributed by atoms with Crippen molar-refractivity contribution in [3.05, 3.63) is 71.5 Å². The Labute approximate surface area is 194 Å². The van der Waals surface area contributed by atoms with Crippen molar-refractivity contribution in [1.82, 2.24) is 15.1 Å². The number of carbonyl (C=O) groups excluding carboxylic acids is 1. The molecule has 0 spiro atoms. The Morgan fingerprint density at radius 2 is 1.88 bits per heavy atom. The molecule has 174 valence electrons. The quantitative estimate of drug-likeness (QED) is 0.373. The van der Waals surface area contributed by atoms with Gasteiger partial charge in [-0.1, -0.05) is 19.1 Å². The molecule has 1 aromatic heterocycles. The number of nitrogens with zero attached hydrogens (tertiary/aromatic N) is 3. The minimum absolute atomic E-state index is 0.281. The Morgan fingerprint density at radius 3 is 2.58 bits per heavy atom. The van der Waals surface area contributed by atoms with Crippen molar-refractivity contribution in [1.29, 1.82) is 0 Å². The van der Waals surface area contributed by atoms with E-state index in [1.54, 1.807) is 31.4 Å². The SMILES string of the molecule is CCCn1cc(CN=C(NC(=O)c2ccc(OC)cc2)Nc2ccccc2OCC)c(C)n1. The molecule has 0 fully saturated rings. The van der Waals surface area contributed by atoms with Crippen molar-refractivity contribution in [2.45, 2.75) is 40.3 Å². The number of ether oxygens (including phenoxy) is 2. The second kappa shape index (κ2) is 11.7. The second-order valence-corrected chi connectivity index (χ2v) is 7.40. The highest BCUT2D eigenvalue weighted by Crippen LogP contribution is 2.23. The zero-order valence-electron chi connectivity index (χ0n) is 19.6. The molecule has 1 heterocycles. The highest BCUT2D eigenvalue weighted by atomic mass is 16.5. The summed E-state index contributed by atoms with van der Waals surface area (Å²) in [6, 6.07) is 14.4. The maximum absolute atomic E-state index is 12.9. The fourth-order valence-corrected chi connectivity index (χ4v) is 3.23. The van der Waals surface area contributed by atoms with Gasteiger partial charge in [-0.05, 0) is 56.7 Å². The molecule has 0 unspecified atom stereocenters. The van der Waals surface area contributed by atoms with Gasteiger partial charge in [-0.2, -0.15) is 5.10 Å². The first kappa shape index (κ1) is 23.8. The molecule has 0 saturated heterocycles. The number of methoxy groups -OCH3 is 1. The highest BCUT2D eigenvalue weighted by Gasteiger charge is 2.13. The largest absolute Gasteiger partial charge is 0.497 e. The maximum Gasteiger partial charge on any atom is 0.257 e. The number of aryl methyl sites for hydroxylation is 2. The number of para-hydroxylation sites is 2. The summed E-state index contributed by atoms with van der Waals surface area (Å²) in [6.07, 6.45) is 3.00. The van der Waals surface area contributed by atoms with Crippen LogP contribution in [0.15, 0.2) is 59.7 Å². The number of nitrogens with one attached hydrogen (secondary N) is 2. The van der Waals surface area contributed by atoms with Crippen molar-refractivity contribution in [3.8, 4) is 11.5 Å². The highest BCUT2D eigenvalue weighted by molar-refractivity contribution is 6.10. The Bertz CT molecular complexity index is 1090. The molecular formula is C25H31N5O3. The van der Waals surface area contributed by atoms with Gasteiger partial charge in [0.15, 0.2) is 0 Å². The maximum atomic E-state index is 12.9. The third-order valence-corrected chi connectivity index (χ3v) is 4.93. The normalized spacial score (nSPS) is 11.2. The van der Waals surface area contributed by atoms with Gasteiger partial charge < -0.3 is 14.8 Å². The summed E-state index contributed by atoms with van der Waals surface area (Å²) < 4.78 is 12.8. The van der Waals surface area contributed by atoms with Crippen LogP contribution in [0.5, 0.6) is 11.5 Å². The number of rotatable bonds is 9. The summed E-state index contributed by atoms with van der Waals surface area (Å²) in [6.45, 7) is 7.75. The number of aromatic nitrogens is 2. The van der Waals surface area contributed by atoms with Crippen LogP contribution in [0.2, 0.25) is 0 Å². The van der Waals surface area contributed by atoms with Crippen LogP contribution in [0.1, 0.15) is 41.9 Å². The van der Waals surface area contributed by atoms with Crippen LogP contribution in [0.4, 0.5) is 5.69 Å². The Morgan fingerprint density at radius 1 is 1.12 bits per heavy atom. The third-order valence-electron chi connectivity index (χ3n) is 4.93. The van der Waals surface area contributed by atoms with Crippen molar-refractivity contribution in [2.75, 3.05) is 19.0 Å². The molecule has 8 nitrogen and oxygen atoms in total. The molecule has 0 aliphatic rings. The summed E-state index contributed by atoms with van der Waals surface area (Å²) >= 11 is 0. The van der Waals surface area contributed by atoms with Gasteiger partial charge in [0.1, 0.15) is 11.5 Å². The zero-order valence-corrected chi connectivity index (χ0v) is 19.6. The van der Waals surface area contributed by atoms with Gasteiger partial charge in [0, 0.05) is 23.9 Å². The Balaban J connectivity index is 1.85. The molecule has 1 amide bonds. The van der Waals surface area contributed by atoms with Crippen molar-refractivity contribution < 1.29 is 14.3 Å². The van der Waals surface area contributed by atoms with Crippen LogP contribution < -0.4 is 20.1 Å². The fourth-order valence-electron chi connectivity index (χ4n) is 3.23. The van der Waals surface area contributed by atoms with E-state index in [1.165, 1.54) is 0 Å². The van der Waals surface area contributed by atoms with Gasteiger partial charge in [-0.15, -0.1) is 0 Å². The molecule has 0 bridgehead atoms. The number of amides is 1. The average Bonchev–Trinajstić information content (AvgIpc) is 3.18. The van der Waals surface area contributed by atoms with Crippen molar-refractivity contribution in [2.24, 2.45) is 4.99 Å². The lowest BCUT2D eigenvalue weighted by molar-refractivity contribution is 0.0977. The van der Waals surface area contributed by atoms with Crippen LogP contribution >= 0.6 is 0 Å². The van der Waals surface area contributed by atoms with E-state index in [0.717, 1.165) is 24.2 Å². The summed E-state index contributed by atoms with van der Waals surface area (Å²) in [7, 11) is 1.59. The first-order valence-corrected chi connectivity index (χ1v) is 11.1. The van der Waals surface area contributed by atoms with Crippen LogP contribution in [0.3, 0.4) is 0 Å². The number of anilines is 1. The first-order chi connectivity index (χ1) is 16.0. The van der Waals surface area contributed by atoms with Crippen LogP contribution in [0.25, 0.3) is 0 Å². The van der Waals surface area contributed by atoms with Crippen molar-refractivity contribution in [3.63, 3.8) is 0 Å².